The lowest BCUT2D eigenvalue weighted by Crippen LogP contribution is -2.39. The second-order valence-electron chi connectivity index (χ2n) is 4.25. The fourth-order valence-electron chi connectivity index (χ4n) is 1.55. The van der Waals surface area contributed by atoms with Crippen molar-refractivity contribution in [3.8, 4) is 0 Å². The van der Waals surface area contributed by atoms with E-state index in [1.807, 2.05) is 20.8 Å². The number of nitrogens with zero attached hydrogens (tertiary/aromatic N) is 1. The summed E-state index contributed by atoms with van der Waals surface area (Å²) in [5.41, 5.74) is 0.581. The number of benzene rings is 1. The molecule has 0 aliphatic heterocycles. The van der Waals surface area contributed by atoms with E-state index in [0.29, 0.717) is 12.2 Å². The maximum absolute atomic E-state index is 13.1. The highest BCUT2D eigenvalue weighted by atomic mass is 32.1. The molecular weight excluding hydrogens is 237 g/mol. The van der Waals surface area contributed by atoms with Crippen molar-refractivity contribution in [1.29, 1.82) is 0 Å². The van der Waals surface area contributed by atoms with Crippen LogP contribution in [0.15, 0.2) is 24.3 Å². The van der Waals surface area contributed by atoms with Crippen LogP contribution in [0.2, 0.25) is 0 Å². The Morgan fingerprint density at radius 2 is 2.12 bits per heavy atom. The van der Waals surface area contributed by atoms with Crippen molar-refractivity contribution in [2.24, 2.45) is 5.92 Å². The molecule has 1 unspecified atom stereocenters. The third-order valence-electron chi connectivity index (χ3n) is 2.59. The number of rotatable bonds is 4. The van der Waals surface area contributed by atoms with Crippen LogP contribution in [0.3, 0.4) is 0 Å². The summed E-state index contributed by atoms with van der Waals surface area (Å²) in [4.78, 5) is 13.7. The van der Waals surface area contributed by atoms with Crippen molar-refractivity contribution < 1.29 is 9.18 Å². The summed E-state index contributed by atoms with van der Waals surface area (Å²) >= 11 is 4.30. The largest absolute Gasteiger partial charge is 0.312 e. The minimum absolute atomic E-state index is 0.0866. The SMILES string of the molecule is CCN(C(=O)C(S)C(C)C)c1cccc(F)c1. The summed E-state index contributed by atoms with van der Waals surface area (Å²) in [6, 6.07) is 6.06. The molecular formula is C13H18FNOS. The van der Waals surface area contributed by atoms with E-state index in [1.54, 1.807) is 17.0 Å². The van der Waals surface area contributed by atoms with E-state index in [1.165, 1.54) is 12.1 Å². The van der Waals surface area contributed by atoms with Gasteiger partial charge in [-0.3, -0.25) is 4.79 Å². The van der Waals surface area contributed by atoms with Crippen molar-refractivity contribution in [2.75, 3.05) is 11.4 Å². The molecule has 94 valence electrons. The molecule has 1 aromatic rings. The second kappa shape index (κ2) is 6.05. The number of thiol groups is 1. The van der Waals surface area contributed by atoms with Gasteiger partial charge in [-0.15, -0.1) is 0 Å². The Hall–Kier alpha value is -1.03. The zero-order chi connectivity index (χ0) is 13.0. The Morgan fingerprint density at radius 1 is 1.47 bits per heavy atom. The van der Waals surface area contributed by atoms with E-state index in [0.717, 1.165) is 0 Å². The Balaban J connectivity index is 2.96. The fourth-order valence-corrected chi connectivity index (χ4v) is 1.69. The van der Waals surface area contributed by atoms with Crippen LogP contribution in [-0.4, -0.2) is 17.7 Å². The standard InChI is InChI=1S/C13H18FNOS/c1-4-15(13(16)12(17)9(2)3)11-7-5-6-10(14)8-11/h5-9,12,17H,4H2,1-3H3. The van der Waals surface area contributed by atoms with Crippen LogP contribution in [0.5, 0.6) is 0 Å². The summed E-state index contributed by atoms with van der Waals surface area (Å²) < 4.78 is 13.1. The lowest BCUT2D eigenvalue weighted by atomic mass is 10.1. The van der Waals surface area contributed by atoms with Crippen LogP contribution in [-0.2, 0) is 4.79 Å². The molecule has 2 nitrogen and oxygen atoms in total. The highest BCUT2D eigenvalue weighted by molar-refractivity contribution is 7.81. The lowest BCUT2D eigenvalue weighted by Gasteiger charge is -2.25. The quantitative estimate of drug-likeness (QED) is 0.820. The molecule has 1 amide bonds. The van der Waals surface area contributed by atoms with Gasteiger partial charge in [-0.05, 0) is 31.0 Å². The molecule has 1 aromatic carbocycles. The van der Waals surface area contributed by atoms with Crippen molar-refractivity contribution in [2.45, 2.75) is 26.0 Å². The minimum atomic E-state index is -0.363. The van der Waals surface area contributed by atoms with Crippen molar-refractivity contribution in [3.63, 3.8) is 0 Å². The van der Waals surface area contributed by atoms with Gasteiger partial charge in [-0.25, -0.2) is 4.39 Å². The van der Waals surface area contributed by atoms with Crippen LogP contribution in [0.4, 0.5) is 10.1 Å². The summed E-state index contributed by atoms with van der Waals surface area (Å²) in [5.74, 6) is -0.279. The van der Waals surface area contributed by atoms with E-state index >= 15 is 0 Å². The van der Waals surface area contributed by atoms with Gasteiger partial charge in [0.05, 0.1) is 5.25 Å². The molecule has 1 rings (SSSR count). The van der Waals surface area contributed by atoms with Gasteiger partial charge in [-0.1, -0.05) is 19.9 Å². The van der Waals surface area contributed by atoms with Crippen molar-refractivity contribution in [3.05, 3.63) is 30.1 Å². The molecule has 0 N–H and O–H groups in total. The summed E-state index contributed by atoms with van der Waals surface area (Å²) in [6.07, 6.45) is 0. The third kappa shape index (κ3) is 3.46. The number of carbonyl (C=O) groups excluding carboxylic acids is 1. The highest BCUT2D eigenvalue weighted by Gasteiger charge is 2.24. The number of amides is 1. The normalized spacial score (nSPS) is 12.6. The first-order valence-electron chi connectivity index (χ1n) is 5.72. The van der Waals surface area contributed by atoms with Crippen LogP contribution in [0, 0.1) is 11.7 Å². The summed E-state index contributed by atoms with van der Waals surface area (Å²) in [6.45, 7) is 6.25. The van der Waals surface area contributed by atoms with E-state index in [-0.39, 0.29) is 22.9 Å². The first-order chi connectivity index (χ1) is 7.97. The summed E-state index contributed by atoms with van der Waals surface area (Å²) in [7, 11) is 0. The van der Waals surface area contributed by atoms with Crippen LogP contribution in [0.1, 0.15) is 20.8 Å². The van der Waals surface area contributed by atoms with Gasteiger partial charge < -0.3 is 4.90 Å². The average molecular weight is 255 g/mol. The maximum atomic E-state index is 13.1. The van der Waals surface area contributed by atoms with Gasteiger partial charge in [0.15, 0.2) is 0 Å². The first kappa shape index (κ1) is 14.0. The van der Waals surface area contributed by atoms with Gasteiger partial charge >= 0.3 is 0 Å². The fraction of sp³-hybridized carbons (Fsp3) is 0.462. The Bertz CT molecular complexity index is 395. The third-order valence-corrected chi connectivity index (χ3v) is 3.40. The zero-order valence-corrected chi connectivity index (χ0v) is 11.2. The van der Waals surface area contributed by atoms with Gasteiger partial charge in [-0.2, -0.15) is 12.6 Å². The molecule has 0 saturated heterocycles. The highest BCUT2D eigenvalue weighted by Crippen LogP contribution is 2.20. The predicted octanol–water partition coefficient (Wildman–Crippen LogP) is 3.13. The Morgan fingerprint density at radius 3 is 2.59 bits per heavy atom. The Kier molecular flexibility index (Phi) is 5.00. The molecule has 0 aliphatic rings. The molecule has 0 radical (unpaired) electrons. The van der Waals surface area contributed by atoms with Gasteiger partial charge in [0, 0.05) is 12.2 Å². The van der Waals surface area contributed by atoms with E-state index in [4.69, 9.17) is 0 Å². The number of anilines is 1. The molecule has 0 bridgehead atoms. The topological polar surface area (TPSA) is 20.3 Å². The van der Waals surface area contributed by atoms with Crippen molar-refractivity contribution in [1.82, 2.24) is 0 Å². The molecule has 0 aromatic heterocycles. The predicted molar refractivity (Wildman–Crippen MR) is 72.0 cm³/mol. The van der Waals surface area contributed by atoms with Gasteiger partial charge in [0.25, 0.3) is 0 Å². The lowest BCUT2D eigenvalue weighted by molar-refractivity contribution is -0.118. The monoisotopic (exact) mass is 255 g/mol. The molecule has 0 fully saturated rings. The maximum Gasteiger partial charge on any atom is 0.240 e. The Labute approximate surface area is 107 Å². The molecule has 0 heterocycles. The molecule has 1 atom stereocenters. The van der Waals surface area contributed by atoms with E-state index < -0.39 is 0 Å². The van der Waals surface area contributed by atoms with Gasteiger partial charge in [0.2, 0.25) is 5.91 Å². The van der Waals surface area contributed by atoms with E-state index in [9.17, 15) is 9.18 Å². The number of hydrogen-bond acceptors (Lipinski definition) is 2. The van der Waals surface area contributed by atoms with Crippen LogP contribution in [0.25, 0.3) is 0 Å². The first-order valence-corrected chi connectivity index (χ1v) is 6.24. The number of carbonyl (C=O) groups is 1. The molecule has 0 saturated carbocycles. The number of halogens is 1. The molecule has 0 aliphatic carbocycles. The van der Waals surface area contributed by atoms with E-state index in [2.05, 4.69) is 12.6 Å². The summed E-state index contributed by atoms with van der Waals surface area (Å²) in [5, 5.41) is -0.363. The minimum Gasteiger partial charge on any atom is -0.312 e. The smallest absolute Gasteiger partial charge is 0.240 e. The van der Waals surface area contributed by atoms with Crippen molar-refractivity contribution >= 4 is 24.2 Å². The zero-order valence-electron chi connectivity index (χ0n) is 10.4. The average Bonchev–Trinajstić information content (AvgIpc) is 2.28. The second-order valence-corrected chi connectivity index (χ2v) is 4.81. The molecule has 17 heavy (non-hydrogen) atoms. The van der Waals surface area contributed by atoms with Crippen LogP contribution >= 0.6 is 12.6 Å². The molecule has 0 spiro atoms. The van der Waals surface area contributed by atoms with Gasteiger partial charge in [0.1, 0.15) is 5.82 Å². The number of hydrogen-bond donors (Lipinski definition) is 1. The van der Waals surface area contributed by atoms with Crippen LogP contribution < -0.4 is 4.90 Å². The molecule has 4 heteroatoms.